The van der Waals surface area contributed by atoms with Gasteiger partial charge in [-0.15, -0.1) is 0 Å². The third-order valence-electron chi connectivity index (χ3n) is 10.4. The predicted octanol–water partition coefficient (Wildman–Crippen LogP) is -3.79. The lowest BCUT2D eigenvalue weighted by molar-refractivity contribution is -0.379. The van der Waals surface area contributed by atoms with Crippen molar-refractivity contribution in [1.29, 1.82) is 0 Å². The van der Waals surface area contributed by atoms with Crippen LogP contribution in [0.1, 0.15) is 12.8 Å². The Bertz CT molecular complexity index is 1430. The van der Waals surface area contributed by atoms with E-state index in [2.05, 4.69) is 0 Å². The fourth-order valence-electron chi connectivity index (χ4n) is 7.53. The molecule has 3 fully saturated rings. The highest BCUT2D eigenvalue weighted by atomic mass is 16.8. The van der Waals surface area contributed by atoms with Crippen molar-refractivity contribution in [1.82, 2.24) is 0 Å². The number of methoxy groups -OCH3 is 2. The Morgan fingerprint density at radius 2 is 1.45 bits per heavy atom. The Labute approximate surface area is 301 Å². The second kappa shape index (κ2) is 16.7. The Morgan fingerprint density at radius 1 is 0.811 bits per heavy atom. The van der Waals surface area contributed by atoms with E-state index in [1.807, 2.05) is 0 Å². The molecular weight excluding hydrogens is 716 g/mol. The number of fused-ring (bicyclic) bond motifs is 2. The maximum absolute atomic E-state index is 12.8. The number of allylic oxidation sites excluding steroid dienone is 1. The molecule has 3 saturated heterocycles. The summed E-state index contributed by atoms with van der Waals surface area (Å²) in [5, 5.41) is 72.6. The van der Waals surface area contributed by atoms with E-state index >= 15 is 0 Å². The molecule has 5 heterocycles. The molecule has 0 aromatic heterocycles. The molecule has 5 aliphatic heterocycles. The van der Waals surface area contributed by atoms with Gasteiger partial charge in [0.25, 0.3) is 0 Å². The standard InChI is InChI=1S/C33H44O20/c1-44-28(42)16-9-48-31(21-12(6-34)3-4-13(16)21)53-33-26(41)24(39)27-19(50-33)11-46-20(51-27)5-14-15(7-35)30(47-10-17(14)29(43)45-2)52-32-25(40)23(38)22(37)18(8-36)49-32/h3,7,9-10,13-15,18-27,30-34,36-41H,4-6,8,11H2,1-2H3/t13?,14-,15+,18+,19+,20?,21?,22+,23-,24+,25+,26+,27+,30-,31-,32?,33?/m0/s1. The molecule has 296 valence electrons. The molecule has 6 rings (SSSR count). The molecule has 17 atom stereocenters. The molecule has 0 spiro atoms. The van der Waals surface area contributed by atoms with E-state index in [9.17, 15) is 50.1 Å². The van der Waals surface area contributed by atoms with Gasteiger partial charge >= 0.3 is 11.9 Å². The smallest absolute Gasteiger partial charge is 0.337 e. The number of aliphatic hydroxyl groups is 7. The monoisotopic (exact) mass is 760 g/mol. The average Bonchev–Trinajstić information content (AvgIpc) is 3.61. The lowest BCUT2D eigenvalue weighted by atomic mass is 9.82. The van der Waals surface area contributed by atoms with Crippen LogP contribution < -0.4 is 0 Å². The van der Waals surface area contributed by atoms with Gasteiger partial charge in [-0.1, -0.05) is 6.08 Å². The van der Waals surface area contributed by atoms with Gasteiger partial charge in [-0.05, 0) is 12.0 Å². The number of hydrogen-bond donors (Lipinski definition) is 7. The highest BCUT2D eigenvalue weighted by molar-refractivity contribution is 5.90. The molecule has 0 radical (unpaired) electrons. The summed E-state index contributed by atoms with van der Waals surface area (Å²) in [6.45, 7) is -1.28. The summed E-state index contributed by atoms with van der Waals surface area (Å²) in [5.74, 6) is -4.90. The van der Waals surface area contributed by atoms with Gasteiger partial charge in [0.15, 0.2) is 18.9 Å². The van der Waals surface area contributed by atoms with Crippen LogP contribution in [0, 0.1) is 23.7 Å². The van der Waals surface area contributed by atoms with Crippen LogP contribution in [0.15, 0.2) is 35.3 Å². The third kappa shape index (κ3) is 7.61. The zero-order valence-electron chi connectivity index (χ0n) is 28.6. The summed E-state index contributed by atoms with van der Waals surface area (Å²) in [6, 6.07) is 0. The highest BCUT2D eigenvalue weighted by Crippen LogP contribution is 2.45. The normalized spacial score (nSPS) is 43.8. The molecule has 0 aromatic carbocycles. The van der Waals surface area contributed by atoms with Crippen LogP contribution in [0.25, 0.3) is 0 Å². The number of carbonyl (C=O) groups excluding carboxylic acids is 3. The number of aliphatic hydroxyl groups excluding tert-OH is 7. The SMILES string of the molecule is COC(=O)C1=CO[C@@H](OC2O[C@@H]3COC(C[C@@H]4C(C(=O)OC)=CO[C@@H](OC5O[C@H](CO)[C@@H](O)[C@H](O)[C@H]5O)[C@@H]4C=O)O[C@H]3[C@H](O)[C@H]2O)C2C(CO)=CCC12. The van der Waals surface area contributed by atoms with Crippen LogP contribution in [0.4, 0.5) is 0 Å². The minimum absolute atomic E-state index is 0.111. The molecule has 6 aliphatic rings. The minimum atomic E-state index is -1.81. The number of hydrogen-bond acceptors (Lipinski definition) is 20. The van der Waals surface area contributed by atoms with Crippen molar-refractivity contribution in [3.05, 3.63) is 35.3 Å². The van der Waals surface area contributed by atoms with Crippen molar-refractivity contribution in [3.8, 4) is 0 Å². The summed E-state index contributed by atoms with van der Waals surface area (Å²) in [5.41, 5.74) is 0.689. The number of rotatable bonds is 11. The van der Waals surface area contributed by atoms with Gasteiger partial charge in [0, 0.05) is 18.3 Å². The first kappa shape index (κ1) is 39.6. The van der Waals surface area contributed by atoms with Crippen LogP contribution in [0.2, 0.25) is 0 Å². The van der Waals surface area contributed by atoms with Crippen molar-refractivity contribution < 1.29 is 97.5 Å². The van der Waals surface area contributed by atoms with Gasteiger partial charge in [-0.25, -0.2) is 9.59 Å². The lowest BCUT2D eigenvalue weighted by Gasteiger charge is -2.48. The quantitative estimate of drug-likeness (QED) is 0.0604. The van der Waals surface area contributed by atoms with Crippen LogP contribution in [-0.4, -0.2) is 168 Å². The molecule has 0 amide bonds. The average molecular weight is 761 g/mol. The molecule has 53 heavy (non-hydrogen) atoms. The minimum Gasteiger partial charge on any atom is -0.471 e. The first-order valence-electron chi connectivity index (χ1n) is 17.0. The van der Waals surface area contributed by atoms with Crippen molar-refractivity contribution in [2.24, 2.45) is 23.7 Å². The molecule has 1 aliphatic carbocycles. The zero-order chi connectivity index (χ0) is 38.1. The second-order valence-corrected chi connectivity index (χ2v) is 13.4. The molecular formula is C33H44O20. The van der Waals surface area contributed by atoms with Gasteiger partial charge in [0.2, 0.25) is 12.6 Å². The second-order valence-electron chi connectivity index (χ2n) is 13.4. The van der Waals surface area contributed by atoms with Gasteiger partial charge < -0.3 is 87.9 Å². The molecule has 7 N–H and O–H groups in total. The van der Waals surface area contributed by atoms with Gasteiger partial charge in [0.05, 0.1) is 69.5 Å². The Kier molecular flexibility index (Phi) is 12.5. The van der Waals surface area contributed by atoms with Crippen LogP contribution in [-0.2, 0) is 61.8 Å². The Morgan fingerprint density at radius 3 is 2.13 bits per heavy atom. The molecule has 0 saturated carbocycles. The Balaban J connectivity index is 1.13. The predicted molar refractivity (Wildman–Crippen MR) is 166 cm³/mol. The first-order chi connectivity index (χ1) is 25.4. The van der Waals surface area contributed by atoms with Crippen molar-refractivity contribution in [3.63, 3.8) is 0 Å². The van der Waals surface area contributed by atoms with E-state index in [1.54, 1.807) is 6.08 Å². The number of aldehydes is 1. The third-order valence-corrected chi connectivity index (χ3v) is 10.4. The summed E-state index contributed by atoms with van der Waals surface area (Å²) < 4.78 is 55.9. The lowest BCUT2D eigenvalue weighted by Crippen LogP contribution is -2.64. The van der Waals surface area contributed by atoms with Crippen LogP contribution in [0.3, 0.4) is 0 Å². The highest BCUT2D eigenvalue weighted by Gasteiger charge is 2.54. The number of esters is 2. The fourth-order valence-corrected chi connectivity index (χ4v) is 7.53. The van der Waals surface area contributed by atoms with E-state index in [4.69, 9.17) is 47.4 Å². The van der Waals surface area contributed by atoms with Crippen LogP contribution in [0.5, 0.6) is 0 Å². The van der Waals surface area contributed by atoms with Gasteiger partial charge in [-0.2, -0.15) is 0 Å². The molecule has 5 unspecified atom stereocenters. The van der Waals surface area contributed by atoms with Crippen LogP contribution >= 0.6 is 0 Å². The van der Waals surface area contributed by atoms with Gasteiger partial charge in [0.1, 0.15) is 55.1 Å². The van der Waals surface area contributed by atoms with Crippen molar-refractivity contribution in [2.75, 3.05) is 34.0 Å². The van der Waals surface area contributed by atoms with E-state index in [-0.39, 0.29) is 30.8 Å². The molecule has 20 nitrogen and oxygen atoms in total. The largest absolute Gasteiger partial charge is 0.471 e. The van der Waals surface area contributed by atoms with E-state index in [1.165, 1.54) is 13.4 Å². The summed E-state index contributed by atoms with van der Waals surface area (Å²) in [7, 11) is 2.35. The maximum Gasteiger partial charge on any atom is 0.337 e. The molecule has 0 bridgehead atoms. The number of ether oxygens (including phenoxy) is 10. The van der Waals surface area contributed by atoms with Gasteiger partial charge in [-0.3, -0.25) is 0 Å². The zero-order valence-corrected chi connectivity index (χ0v) is 28.6. The van der Waals surface area contributed by atoms with E-state index < -0.39 is 122 Å². The number of carbonyl (C=O) groups is 3. The summed E-state index contributed by atoms with van der Waals surface area (Å²) in [4.78, 5) is 37.6. The van der Waals surface area contributed by atoms with Crippen molar-refractivity contribution >= 4 is 18.2 Å². The van der Waals surface area contributed by atoms with E-state index in [0.29, 0.717) is 18.3 Å². The summed E-state index contributed by atoms with van der Waals surface area (Å²) in [6.07, 6.45) is -14.4. The molecule has 0 aromatic rings. The first-order valence-corrected chi connectivity index (χ1v) is 17.0. The fraction of sp³-hybridized carbons (Fsp3) is 0.727. The topological polar surface area (TPSA) is 285 Å². The van der Waals surface area contributed by atoms with Crippen molar-refractivity contribution in [2.45, 2.75) is 93.1 Å². The summed E-state index contributed by atoms with van der Waals surface area (Å²) >= 11 is 0. The maximum atomic E-state index is 12.8. The molecule has 20 heteroatoms. The van der Waals surface area contributed by atoms with E-state index in [0.717, 1.165) is 13.4 Å². The Hall–Kier alpha value is -3.09.